The molecule has 0 aliphatic rings. The summed E-state index contributed by atoms with van der Waals surface area (Å²) in [7, 11) is -3.86. The number of carbonyl (C=O) groups excluding carboxylic acids is 1. The van der Waals surface area contributed by atoms with Gasteiger partial charge in [0.15, 0.2) is 18.1 Å². The Labute approximate surface area is 180 Å². The minimum Gasteiger partial charge on any atom is -0.490 e. The minimum absolute atomic E-state index is 0.0147. The van der Waals surface area contributed by atoms with Crippen molar-refractivity contribution in [3.63, 3.8) is 0 Å². The summed E-state index contributed by atoms with van der Waals surface area (Å²) in [5.41, 5.74) is 1.64. The van der Waals surface area contributed by atoms with E-state index in [0.29, 0.717) is 35.1 Å². The normalized spacial score (nSPS) is 11.1. The number of benzene rings is 2. The van der Waals surface area contributed by atoms with E-state index in [-0.39, 0.29) is 17.4 Å². The van der Waals surface area contributed by atoms with Crippen LogP contribution in [-0.2, 0) is 14.8 Å². The van der Waals surface area contributed by atoms with Crippen molar-refractivity contribution in [3.05, 3.63) is 59.8 Å². The smallest absolute Gasteiger partial charge is 0.264 e. The van der Waals surface area contributed by atoms with Gasteiger partial charge in [0.25, 0.3) is 15.9 Å². The third-order valence-electron chi connectivity index (χ3n) is 4.34. The Bertz CT molecular complexity index is 1160. The molecule has 2 aromatic carbocycles. The predicted molar refractivity (Wildman–Crippen MR) is 115 cm³/mol. The molecule has 1 amide bonds. The van der Waals surface area contributed by atoms with Crippen LogP contribution in [0.25, 0.3) is 0 Å². The zero-order chi connectivity index (χ0) is 22.4. The van der Waals surface area contributed by atoms with Crippen LogP contribution in [0.15, 0.2) is 57.9 Å². The molecule has 1 aromatic heterocycles. The van der Waals surface area contributed by atoms with Gasteiger partial charge in [-0.05, 0) is 57.2 Å². The van der Waals surface area contributed by atoms with E-state index in [1.807, 2.05) is 13.0 Å². The number of nitrogens with zero attached hydrogens (tertiary/aromatic N) is 1. The first-order valence-electron chi connectivity index (χ1n) is 9.50. The highest BCUT2D eigenvalue weighted by Crippen LogP contribution is 2.26. The number of sulfonamides is 1. The second-order valence-corrected chi connectivity index (χ2v) is 8.25. The highest BCUT2D eigenvalue weighted by atomic mass is 32.2. The van der Waals surface area contributed by atoms with Gasteiger partial charge in [-0.2, -0.15) is 0 Å². The van der Waals surface area contributed by atoms with Crippen LogP contribution in [0.4, 0.5) is 11.6 Å². The third-order valence-corrected chi connectivity index (χ3v) is 5.69. The lowest BCUT2D eigenvalue weighted by atomic mass is 10.3. The van der Waals surface area contributed by atoms with Crippen molar-refractivity contribution in [2.24, 2.45) is 0 Å². The molecule has 3 rings (SSSR count). The largest absolute Gasteiger partial charge is 0.490 e. The summed E-state index contributed by atoms with van der Waals surface area (Å²) >= 11 is 0. The molecular weight excluding hydrogens is 422 g/mol. The van der Waals surface area contributed by atoms with Crippen LogP contribution in [0.5, 0.6) is 11.5 Å². The van der Waals surface area contributed by atoms with Crippen LogP contribution in [0.1, 0.15) is 18.2 Å². The molecule has 0 unspecified atom stereocenters. The maximum Gasteiger partial charge on any atom is 0.264 e. The summed E-state index contributed by atoms with van der Waals surface area (Å²) in [5.74, 6) is 0.689. The van der Waals surface area contributed by atoms with E-state index in [0.717, 1.165) is 0 Å². The first-order valence-corrected chi connectivity index (χ1v) is 11.0. The molecule has 3 aromatic rings. The number of aromatic nitrogens is 1. The highest BCUT2D eigenvalue weighted by Gasteiger charge is 2.19. The van der Waals surface area contributed by atoms with Crippen molar-refractivity contribution >= 4 is 27.5 Å². The van der Waals surface area contributed by atoms with Crippen molar-refractivity contribution in [1.82, 2.24) is 5.16 Å². The minimum atomic E-state index is -3.86. The van der Waals surface area contributed by atoms with Gasteiger partial charge in [-0.3, -0.25) is 4.79 Å². The first-order chi connectivity index (χ1) is 14.8. The van der Waals surface area contributed by atoms with Gasteiger partial charge in [-0.15, -0.1) is 0 Å². The average Bonchev–Trinajstić information content (AvgIpc) is 3.05. The fourth-order valence-corrected chi connectivity index (χ4v) is 3.64. The SMILES string of the molecule is CCOc1ccccc1OCC(=O)Nc1ccc(S(=O)(=O)Nc2onc(C)c2C)cc1. The first kappa shape index (κ1) is 22.2. The number of aryl methyl sites for hydroxylation is 1. The molecular formula is C21H23N3O6S. The number of nitrogens with one attached hydrogen (secondary N) is 2. The number of carbonyl (C=O) groups is 1. The number of hydrogen-bond acceptors (Lipinski definition) is 7. The summed E-state index contributed by atoms with van der Waals surface area (Å²) in [5, 5.41) is 6.38. The standard InChI is InChI=1S/C21H23N3O6S/c1-4-28-18-7-5-6-8-19(18)29-13-20(25)22-16-9-11-17(12-10-16)31(26,27)24-21-14(2)15(3)23-30-21/h5-12,24H,4,13H2,1-3H3,(H,22,25). The molecule has 0 saturated carbocycles. The summed E-state index contributed by atoms with van der Waals surface area (Å²) < 4.78 is 43.4. The van der Waals surface area contributed by atoms with Crippen LogP contribution < -0.4 is 19.5 Å². The molecule has 9 nitrogen and oxygen atoms in total. The molecule has 0 aliphatic carbocycles. The Kier molecular flexibility index (Phi) is 6.81. The van der Waals surface area contributed by atoms with Gasteiger partial charge in [0, 0.05) is 11.3 Å². The number of para-hydroxylation sites is 2. The maximum atomic E-state index is 12.5. The van der Waals surface area contributed by atoms with Gasteiger partial charge in [-0.25, -0.2) is 13.1 Å². The summed E-state index contributed by atoms with van der Waals surface area (Å²) in [6, 6.07) is 12.8. The summed E-state index contributed by atoms with van der Waals surface area (Å²) in [6.07, 6.45) is 0. The molecule has 0 atom stereocenters. The van der Waals surface area contributed by atoms with E-state index in [1.165, 1.54) is 24.3 Å². The Morgan fingerprint density at radius 3 is 2.26 bits per heavy atom. The Balaban J connectivity index is 1.60. The predicted octanol–water partition coefficient (Wildman–Crippen LogP) is 3.51. The van der Waals surface area contributed by atoms with Crippen molar-refractivity contribution in [2.45, 2.75) is 25.7 Å². The van der Waals surface area contributed by atoms with Crippen molar-refractivity contribution in [3.8, 4) is 11.5 Å². The number of rotatable bonds is 9. The number of ether oxygens (including phenoxy) is 2. The van der Waals surface area contributed by atoms with E-state index in [9.17, 15) is 13.2 Å². The van der Waals surface area contributed by atoms with Gasteiger partial charge >= 0.3 is 0 Å². The molecule has 1 heterocycles. The van der Waals surface area contributed by atoms with Crippen molar-refractivity contribution in [1.29, 1.82) is 0 Å². The lowest BCUT2D eigenvalue weighted by Gasteiger charge is -2.12. The van der Waals surface area contributed by atoms with E-state index in [2.05, 4.69) is 15.2 Å². The van der Waals surface area contributed by atoms with Crippen molar-refractivity contribution < 1.29 is 27.2 Å². The van der Waals surface area contributed by atoms with Crippen molar-refractivity contribution in [2.75, 3.05) is 23.3 Å². The maximum absolute atomic E-state index is 12.5. The Morgan fingerprint density at radius 2 is 1.68 bits per heavy atom. The van der Waals surface area contributed by atoms with Gasteiger partial charge < -0.3 is 19.3 Å². The van der Waals surface area contributed by atoms with Crippen LogP contribution in [0, 0.1) is 13.8 Å². The van der Waals surface area contributed by atoms with Gasteiger partial charge in [-0.1, -0.05) is 17.3 Å². The number of hydrogen-bond donors (Lipinski definition) is 2. The molecule has 0 bridgehead atoms. The van der Waals surface area contributed by atoms with Gasteiger partial charge in [0.2, 0.25) is 5.88 Å². The average molecular weight is 445 g/mol. The van der Waals surface area contributed by atoms with Gasteiger partial charge in [0.1, 0.15) is 0 Å². The lowest BCUT2D eigenvalue weighted by molar-refractivity contribution is -0.118. The fourth-order valence-electron chi connectivity index (χ4n) is 2.59. The van der Waals surface area contributed by atoms with E-state index in [4.69, 9.17) is 14.0 Å². The summed E-state index contributed by atoms with van der Waals surface area (Å²) in [6.45, 7) is 5.53. The van der Waals surface area contributed by atoms with Crippen LogP contribution in [0.3, 0.4) is 0 Å². The monoisotopic (exact) mass is 445 g/mol. The number of amides is 1. The lowest BCUT2D eigenvalue weighted by Crippen LogP contribution is -2.20. The number of anilines is 2. The third kappa shape index (κ3) is 5.54. The highest BCUT2D eigenvalue weighted by molar-refractivity contribution is 7.92. The van der Waals surface area contributed by atoms with Gasteiger partial charge in [0.05, 0.1) is 17.2 Å². The van der Waals surface area contributed by atoms with Crippen LogP contribution >= 0.6 is 0 Å². The van der Waals surface area contributed by atoms with E-state index in [1.54, 1.807) is 32.0 Å². The van der Waals surface area contributed by atoms with Crippen LogP contribution in [-0.4, -0.2) is 32.7 Å². The molecule has 0 fully saturated rings. The molecule has 0 spiro atoms. The van der Waals surface area contributed by atoms with E-state index >= 15 is 0 Å². The second kappa shape index (κ2) is 9.52. The zero-order valence-corrected chi connectivity index (χ0v) is 18.2. The molecule has 10 heteroatoms. The Hall–Kier alpha value is -3.53. The topological polar surface area (TPSA) is 120 Å². The molecule has 0 saturated heterocycles. The fraction of sp³-hybridized carbons (Fsp3) is 0.238. The zero-order valence-electron chi connectivity index (χ0n) is 17.3. The quantitative estimate of drug-likeness (QED) is 0.517. The van der Waals surface area contributed by atoms with E-state index < -0.39 is 15.9 Å². The molecule has 2 N–H and O–H groups in total. The molecule has 0 radical (unpaired) electrons. The molecule has 31 heavy (non-hydrogen) atoms. The second-order valence-electron chi connectivity index (χ2n) is 6.57. The summed E-state index contributed by atoms with van der Waals surface area (Å²) in [4.78, 5) is 12.2. The Morgan fingerprint density at radius 1 is 1.03 bits per heavy atom. The molecule has 164 valence electrons. The molecule has 0 aliphatic heterocycles. The van der Waals surface area contributed by atoms with Crippen LogP contribution in [0.2, 0.25) is 0 Å².